The third kappa shape index (κ3) is 1.74. The molecule has 15 heavy (non-hydrogen) atoms. The predicted molar refractivity (Wildman–Crippen MR) is 56.2 cm³/mol. The van der Waals surface area contributed by atoms with Crippen LogP contribution < -0.4 is 0 Å². The number of aryl methyl sites for hydroxylation is 1. The molecule has 2 rings (SSSR count). The van der Waals surface area contributed by atoms with Crippen molar-refractivity contribution in [1.82, 2.24) is 9.97 Å². The number of hydrogen-bond donors (Lipinski definition) is 1. The van der Waals surface area contributed by atoms with Crippen molar-refractivity contribution < 1.29 is 8.78 Å². The van der Waals surface area contributed by atoms with Gasteiger partial charge in [-0.3, -0.25) is 0 Å². The Morgan fingerprint density at radius 3 is 2.80 bits per heavy atom. The van der Waals surface area contributed by atoms with E-state index in [1.54, 1.807) is 0 Å². The molecule has 0 unspecified atom stereocenters. The molecule has 2 nitrogen and oxygen atoms in total. The Balaban J connectivity index is 2.91. The molecule has 0 fully saturated rings. The van der Waals surface area contributed by atoms with Gasteiger partial charge in [-0.1, -0.05) is 19.1 Å². The third-order valence-electron chi connectivity index (χ3n) is 2.13. The lowest BCUT2D eigenvalue weighted by molar-refractivity contribution is 0.589. The summed E-state index contributed by atoms with van der Waals surface area (Å²) in [4.78, 5) is 6.82. The number of benzene rings is 1. The van der Waals surface area contributed by atoms with Crippen molar-refractivity contribution in [2.45, 2.75) is 13.3 Å². The van der Waals surface area contributed by atoms with Gasteiger partial charge in [0.1, 0.15) is 22.1 Å². The van der Waals surface area contributed by atoms with E-state index in [2.05, 4.69) is 9.97 Å². The lowest BCUT2D eigenvalue weighted by Gasteiger charge is -2.03. The van der Waals surface area contributed by atoms with E-state index < -0.39 is 11.6 Å². The van der Waals surface area contributed by atoms with Crippen molar-refractivity contribution in [2.75, 3.05) is 0 Å². The number of halogens is 2. The highest BCUT2D eigenvalue weighted by atomic mass is 32.1. The fourth-order valence-corrected chi connectivity index (χ4v) is 1.66. The molecule has 0 aliphatic heterocycles. The van der Waals surface area contributed by atoms with Crippen LogP contribution in [0.15, 0.2) is 12.1 Å². The quantitative estimate of drug-likeness (QED) is 0.757. The summed E-state index contributed by atoms with van der Waals surface area (Å²) in [5, 5.41) is 0.305. The molecule has 0 bridgehead atoms. The molecule has 0 spiro atoms. The number of aromatic amines is 1. The van der Waals surface area contributed by atoms with Crippen molar-refractivity contribution in [2.24, 2.45) is 0 Å². The molecule has 1 N–H and O–H groups in total. The van der Waals surface area contributed by atoms with Gasteiger partial charge in [0.2, 0.25) is 0 Å². The van der Waals surface area contributed by atoms with Crippen LogP contribution in [0.4, 0.5) is 8.78 Å². The van der Waals surface area contributed by atoms with Crippen LogP contribution >= 0.6 is 12.2 Å². The van der Waals surface area contributed by atoms with Gasteiger partial charge in [-0.2, -0.15) is 0 Å². The van der Waals surface area contributed by atoms with Crippen molar-refractivity contribution in [3.63, 3.8) is 0 Å². The number of nitrogens with one attached hydrogen (secondary N) is 1. The zero-order valence-corrected chi connectivity index (χ0v) is 8.79. The summed E-state index contributed by atoms with van der Waals surface area (Å²) in [6, 6.07) is 2.01. The van der Waals surface area contributed by atoms with E-state index >= 15 is 0 Å². The molecule has 0 atom stereocenters. The van der Waals surface area contributed by atoms with Crippen LogP contribution in [0.3, 0.4) is 0 Å². The summed E-state index contributed by atoms with van der Waals surface area (Å²) in [5.41, 5.74) is 0.216. The first kappa shape index (κ1) is 10.2. The van der Waals surface area contributed by atoms with E-state index in [0.717, 1.165) is 6.07 Å². The maximum absolute atomic E-state index is 13.4. The molecular formula is C10H8F2N2S. The number of hydrogen-bond acceptors (Lipinski definition) is 2. The Labute approximate surface area is 90.0 Å². The smallest absolute Gasteiger partial charge is 0.150 e. The van der Waals surface area contributed by atoms with Gasteiger partial charge in [-0.15, -0.1) is 0 Å². The van der Waals surface area contributed by atoms with Gasteiger partial charge in [0, 0.05) is 17.9 Å². The van der Waals surface area contributed by atoms with Gasteiger partial charge in [0.15, 0.2) is 0 Å². The average Bonchev–Trinajstić information content (AvgIpc) is 2.19. The summed E-state index contributed by atoms with van der Waals surface area (Å²) in [6.07, 6.45) is 0.621. The summed E-state index contributed by atoms with van der Waals surface area (Å²) in [7, 11) is 0. The van der Waals surface area contributed by atoms with Crippen LogP contribution in [-0.2, 0) is 6.42 Å². The number of rotatable bonds is 1. The third-order valence-corrected chi connectivity index (χ3v) is 2.44. The van der Waals surface area contributed by atoms with E-state index in [9.17, 15) is 8.78 Å². The minimum atomic E-state index is -0.648. The first-order valence-electron chi connectivity index (χ1n) is 4.49. The maximum atomic E-state index is 13.4. The van der Waals surface area contributed by atoms with Crippen LogP contribution in [0.25, 0.3) is 10.9 Å². The lowest BCUT2D eigenvalue weighted by Crippen LogP contribution is -1.97. The molecule has 0 radical (unpaired) electrons. The van der Waals surface area contributed by atoms with E-state index in [1.165, 1.54) is 6.07 Å². The highest BCUT2D eigenvalue weighted by Crippen LogP contribution is 2.18. The maximum Gasteiger partial charge on any atom is 0.150 e. The Morgan fingerprint density at radius 1 is 1.40 bits per heavy atom. The molecule has 0 saturated heterocycles. The van der Waals surface area contributed by atoms with Gasteiger partial charge >= 0.3 is 0 Å². The fourth-order valence-electron chi connectivity index (χ4n) is 1.39. The normalized spacial score (nSPS) is 10.9. The van der Waals surface area contributed by atoms with E-state index in [1.807, 2.05) is 6.92 Å². The van der Waals surface area contributed by atoms with Gasteiger partial charge in [0.25, 0.3) is 0 Å². The molecule has 1 aromatic heterocycles. The zero-order chi connectivity index (χ0) is 11.0. The molecule has 1 heterocycles. The van der Waals surface area contributed by atoms with Crippen LogP contribution in [0.2, 0.25) is 0 Å². The molecular weight excluding hydrogens is 218 g/mol. The molecule has 2 aromatic rings. The van der Waals surface area contributed by atoms with Gasteiger partial charge in [-0.25, -0.2) is 13.8 Å². The van der Waals surface area contributed by atoms with Crippen LogP contribution in [0.1, 0.15) is 12.7 Å². The predicted octanol–water partition coefficient (Wildman–Crippen LogP) is 3.13. The van der Waals surface area contributed by atoms with E-state index in [0.29, 0.717) is 17.6 Å². The fraction of sp³-hybridized carbons (Fsp3) is 0.200. The summed E-state index contributed by atoms with van der Waals surface area (Å²) in [6.45, 7) is 1.88. The zero-order valence-electron chi connectivity index (χ0n) is 7.97. The molecule has 5 heteroatoms. The molecule has 1 aromatic carbocycles. The monoisotopic (exact) mass is 226 g/mol. The number of fused-ring (bicyclic) bond motifs is 1. The highest BCUT2D eigenvalue weighted by molar-refractivity contribution is 7.71. The van der Waals surface area contributed by atoms with E-state index in [4.69, 9.17) is 12.2 Å². The van der Waals surface area contributed by atoms with Crippen molar-refractivity contribution >= 4 is 23.1 Å². The minimum Gasteiger partial charge on any atom is -0.341 e. The van der Waals surface area contributed by atoms with Gasteiger partial charge in [0.05, 0.1) is 5.52 Å². The lowest BCUT2D eigenvalue weighted by atomic mass is 10.2. The number of H-pyrrole nitrogens is 1. The average molecular weight is 226 g/mol. The molecule has 0 amide bonds. The summed E-state index contributed by atoms with van der Waals surface area (Å²) < 4.78 is 26.6. The van der Waals surface area contributed by atoms with Crippen molar-refractivity contribution in [3.05, 3.63) is 34.2 Å². The van der Waals surface area contributed by atoms with E-state index in [-0.39, 0.29) is 10.2 Å². The first-order chi connectivity index (χ1) is 7.11. The topological polar surface area (TPSA) is 28.7 Å². The van der Waals surface area contributed by atoms with Gasteiger partial charge in [-0.05, 0) is 6.07 Å². The summed E-state index contributed by atoms with van der Waals surface area (Å²) >= 11 is 4.96. The molecule has 78 valence electrons. The SMILES string of the molecule is CCc1nc(=S)c2cc(F)cc(F)c2[nH]1. The Morgan fingerprint density at radius 2 is 2.13 bits per heavy atom. The second kappa shape index (κ2) is 3.66. The van der Waals surface area contributed by atoms with Gasteiger partial charge < -0.3 is 4.98 Å². The largest absolute Gasteiger partial charge is 0.341 e. The molecule has 0 aliphatic rings. The second-order valence-electron chi connectivity index (χ2n) is 3.15. The second-order valence-corrected chi connectivity index (χ2v) is 3.54. The molecule has 0 saturated carbocycles. The van der Waals surface area contributed by atoms with Crippen molar-refractivity contribution in [1.29, 1.82) is 0 Å². The summed E-state index contributed by atoms with van der Waals surface area (Å²) in [5.74, 6) is -0.697. The van der Waals surface area contributed by atoms with Crippen LogP contribution in [0, 0.1) is 16.3 Å². The Hall–Kier alpha value is -1.36. The minimum absolute atomic E-state index is 0.216. The Kier molecular flexibility index (Phi) is 2.48. The van der Waals surface area contributed by atoms with Crippen LogP contribution in [0.5, 0.6) is 0 Å². The first-order valence-corrected chi connectivity index (χ1v) is 4.90. The number of aromatic nitrogens is 2. The Bertz CT molecular complexity index is 577. The highest BCUT2D eigenvalue weighted by Gasteiger charge is 2.07. The van der Waals surface area contributed by atoms with Crippen LogP contribution in [-0.4, -0.2) is 9.97 Å². The molecule has 0 aliphatic carbocycles. The number of nitrogens with zero attached hydrogens (tertiary/aromatic N) is 1. The van der Waals surface area contributed by atoms with Crippen molar-refractivity contribution in [3.8, 4) is 0 Å². The standard InChI is InChI=1S/C10H8F2N2S/c1-2-8-13-9-6(10(15)14-8)3-5(11)4-7(9)12/h3-4H,2H2,1H3,(H,13,14,15).